The molecule has 0 bridgehead atoms. The predicted octanol–water partition coefficient (Wildman–Crippen LogP) is 4.87. The summed E-state index contributed by atoms with van der Waals surface area (Å²) in [5, 5.41) is 7.67. The summed E-state index contributed by atoms with van der Waals surface area (Å²) in [6, 6.07) is 4.85. The van der Waals surface area contributed by atoms with Crippen LogP contribution < -0.4 is 5.32 Å². The highest BCUT2D eigenvalue weighted by Gasteiger charge is 2.29. The number of aromatic nitrogens is 3. The smallest absolute Gasteiger partial charge is 0.345 e. The van der Waals surface area contributed by atoms with Gasteiger partial charge in [0.1, 0.15) is 11.3 Å². The number of nitrogens with zero attached hydrogens (tertiary/aromatic N) is 3. The average Bonchev–Trinajstić information content (AvgIpc) is 3.16. The van der Waals surface area contributed by atoms with Gasteiger partial charge in [-0.2, -0.15) is 0 Å². The van der Waals surface area contributed by atoms with Crippen LogP contribution in [0, 0.1) is 0 Å². The Labute approximate surface area is 191 Å². The van der Waals surface area contributed by atoms with E-state index in [0.717, 1.165) is 0 Å². The van der Waals surface area contributed by atoms with Crippen LogP contribution >= 0.6 is 35.0 Å². The maximum atomic E-state index is 12.6. The minimum atomic E-state index is -0.758. The lowest BCUT2D eigenvalue weighted by atomic mass is 10.1. The SMILES string of the molecule is CCOC(=O)c1cnc(SC)nc1Nc1onc(-c2c(Cl)cccc2Cl)c1C(=O)OC. The fraction of sp³-hybridized carbons (Fsp3) is 0.211. The minimum Gasteiger partial charge on any atom is -0.465 e. The summed E-state index contributed by atoms with van der Waals surface area (Å²) in [6.45, 7) is 1.83. The van der Waals surface area contributed by atoms with Crippen molar-refractivity contribution in [3.05, 3.63) is 45.6 Å². The van der Waals surface area contributed by atoms with Gasteiger partial charge in [-0.1, -0.05) is 46.2 Å². The first kappa shape index (κ1) is 22.9. The molecular formula is C19H16Cl2N4O5S. The molecule has 0 saturated heterocycles. The van der Waals surface area contributed by atoms with Crippen molar-refractivity contribution in [2.75, 3.05) is 25.3 Å². The molecule has 0 aliphatic heterocycles. The van der Waals surface area contributed by atoms with Crippen molar-refractivity contribution in [1.82, 2.24) is 15.1 Å². The molecule has 0 radical (unpaired) electrons. The summed E-state index contributed by atoms with van der Waals surface area (Å²) in [4.78, 5) is 33.3. The highest BCUT2D eigenvalue weighted by atomic mass is 35.5. The van der Waals surface area contributed by atoms with E-state index in [1.54, 1.807) is 31.4 Å². The van der Waals surface area contributed by atoms with E-state index in [2.05, 4.69) is 20.4 Å². The van der Waals surface area contributed by atoms with Gasteiger partial charge in [0.2, 0.25) is 5.88 Å². The Balaban J connectivity index is 2.14. The molecule has 0 saturated carbocycles. The molecule has 0 fully saturated rings. The molecule has 3 rings (SSSR count). The Morgan fingerprint density at radius 3 is 2.55 bits per heavy atom. The summed E-state index contributed by atoms with van der Waals surface area (Å²) >= 11 is 13.8. The lowest BCUT2D eigenvalue weighted by molar-refractivity contribution is 0.0525. The largest absolute Gasteiger partial charge is 0.465 e. The second-order valence-corrected chi connectivity index (χ2v) is 7.38. The molecule has 0 atom stereocenters. The molecule has 2 aromatic heterocycles. The van der Waals surface area contributed by atoms with Crippen molar-refractivity contribution >= 4 is 58.6 Å². The van der Waals surface area contributed by atoms with Crippen molar-refractivity contribution < 1.29 is 23.6 Å². The number of carbonyl (C=O) groups excluding carboxylic acids is 2. The van der Waals surface area contributed by atoms with E-state index < -0.39 is 11.9 Å². The Morgan fingerprint density at radius 1 is 1.23 bits per heavy atom. The number of halogens is 2. The predicted molar refractivity (Wildman–Crippen MR) is 116 cm³/mol. The first-order valence-corrected chi connectivity index (χ1v) is 10.8. The monoisotopic (exact) mass is 482 g/mol. The molecule has 0 amide bonds. The maximum absolute atomic E-state index is 12.6. The zero-order valence-electron chi connectivity index (χ0n) is 16.6. The Kier molecular flexibility index (Phi) is 7.37. The highest BCUT2D eigenvalue weighted by molar-refractivity contribution is 7.98. The Hall–Kier alpha value is -2.82. The fourth-order valence-electron chi connectivity index (χ4n) is 2.59. The van der Waals surface area contributed by atoms with Gasteiger partial charge in [-0.25, -0.2) is 19.6 Å². The highest BCUT2D eigenvalue weighted by Crippen LogP contribution is 2.39. The number of carbonyl (C=O) groups is 2. The molecule has 3 aromatic rings. The molecule has 12 heteroatoms. The van der Waals surface area contributed by atoms with E-state index in [0.29, 0.717) is 10.7 Å². The second kappa shape index (κ2) is 9.99. The molecule has 31 heavy (non-hydrogen) atoms. The third-order valence-electron chi connectivity index (χ3n) is 3.96. The third kappa shape index (κ3) is 4.76. The van der Waals surface area contributed by atoms with Crippen LogP contribution in [0.1, 0.15) is 27.6 Å². The van der Waals surface area contributed by atoms with E-state index in [1.165, 1.54) is 25.1 Å². The van der Waals surface area contributed by atoms with Gasteiger partial charge < -0.3 is 19.3 Å². The summed E-state index contributed by atoms with van der Waals surface area (Å²) < 4.78 is 15.3. The molecule has 162 valence electrons. The van der Waals surface area contributed by atoms with Crippen LogP contribution in [0.2, 0.25) is 10.0 Å². The van der Waals surface area contributed by atoms with E-state index in [4.69, 9.17) is 37.2 Å². The van der Waals surface area contributed by atoms with E-state index >= 15 is 0 Å². The van der Waals surface area contributed by atoms with Crippen molar-refractivity contribution in [3.8, 4) is 11.3 Å². The lowest BCUT2D eigenvalue weighted by Crippen LogP contribution is -2.12. The fourth-order valence-corrected chi connectivity index (χ4v) is 3.50. The summed E-state index contributed by atoms with van der Waals surface area (Å²) in [6.07, 6.45) is 3.09. The molecule has 0 unspecified atom stereocenters. The number of hydrogen-bond donors (Lipinski definition) is 1. The molecule has 1 N–H and O–H groups in total. The summed E-state index contributed by atoms with van der Waals surface area (Å²) in [5.41, 5.74) is 0.337. The number of thioether (sulfide) groups is 1. The quantitative estimate of drug-likeness (QED) is 0.283. The topological polar surface area (TPSA) is 116 Å². The van der Waals surface area contributed by atoms with Crippen molar-refractivity contribution in [2.24, 2.45) is 0 Å². The number of rotatable bonds is 7. The number of ether oxygens (including phenoxy) is 2. The molecule has 0 aliphatic rings. The molecule has 2 heterocycles. The number of anilines is 2. The van der Waals surface area contributed by atoms with Gasteiger partial charge in [-0.05, 0) is 25.3 Å². The second-order valence-electron chi connectivity index (χ2n) is 5.79. The van der Waals surface area contributed by atoms with Crippen molar-refractivity contribution in [2.45, 2.75) is 12.1 Å². The van der Waals surface area contributed by atoms with Crippen molar-refractivity contribution in [3.63, 3.8) is 0 Å². The lowest BCUT2D eigenvalue weighted by Gasteiger charge is -2.10. The van der Waals surface area contributed by atoms with Gasteiger partial charge in [-0.15, -0.1) is 0 Å². The van der Waals surface area contributed by atoms with Crippen LogP contribution in [0.25, 0.3) is 11.3 Å². The van der Waals surface area contributed by atoms with Crippen LogP contribution in [-0.2, 0) is 9.47 Å². The molecule has 0 aliphatic carbocycles. The first-order chi connectivity index (χ1) is 14.9. The van der Waals surface area contributed by atoms with Gasteiger partial charge in [0.05, 0.1) is 23.8 Å². The third-order valence-corrected chi connectivity index (χ3v) is 5.15. The Morgan fingerprint density at radius 2 is 1.94 bits per heavy atom. The normalized spacial score (nSPS) is 10.6. The van der Waals surface area contributed by atoms with Gasteiger partial charge >= 0.3 is 11.9 Å². The number of esters is 2. The van der Waals surface area contributed by atoms with E-state index in [9.17, 15) is 9.59 Å². The molecule has 0 spiro atoms. The maximum Gasteiger partial charge on any atom is 0.345 e. The van der Waals surface area contributed by atoms with Crippen LogP contribution in [-0.4, -0.2) is 47.0 Å². The van der Waals surface area contributed by atoms with Crippen molar-refractivity contribution in [1.29, 1.82) is 0 Å². The number of benzene rings is 1. The summed E-state index contributed by atoms with van der Waals surface area (Å²) in [7, 11) is 1.21. The first-order valence-electron chi connectivity index (χ1n) is 8.78. The molecular weight excluding hydrogens is 467 g/mol. The van der Waals surface area contributed by atoms with Gasteiger partial charge in [0.25, 0.3) is 0 Å². The number of nitrogens with one attached hydrogen (secondary N) is 1. The standard InChI is InChI=1S/C19H16Cl2N4O5S/c1-4-29-17(26)9-8-22-19(31-3)24-15(9)23-16-13(18(27)28-2)14(25-30-16)12-10(20)6-5-7-11(12)21/h5-8H,4H2,1-3H3,(H,22,23,24). The average molecular weight is 483 g/mol. The van der Waals surface area contributed by atoms with Gasteiger partial charge in [-0.3, -0.25) is 0 Å². The minimum absolute atomic E-state index is 0.0455. The summed E-state index contributed by atoms with van der Waals surface area (Å²) in [5.74, 6) is -1.46. The molecule has 9 nitrogen and oxygen atoms in total. The van der Waals surface area contributed by atoms with Gasteiger partial charge in [0.15, 0.2) is 16.5 Å². The van der Waals surface area contributed by atoms with E-state index in [-0.39, 0.29) is 45.2 Å². The van der Waals surface area contributed by atoms with Gasteiger partial charge in [0, 0.05) is 11.8 Å². The van der Waals surface area contributed by atoms with Crippen LogP contribution in [0.3, 0.4) is 0 Å². The van der Waals surface area contributed by atoms with Crippen LogP contribution in [0.4, 0.5) is 11.7 Å². The van der Waals surface area contributed by atoms with Crippen LogP contribution in [0.15, 0.2) is 34.1 Å². The molecule has 1 aromatic carbocycles. The zero-order valence-corrected chi connectivity index (χ0v) is 18.9. The van der Waals surface area contributed by atoms with Crippen LogP contribution in [0.5, 0.6) is 0 Å². The number of methoxy groups -OCH3 is 1. The Bertz CT molecular complexity index is 1120. The van der Waals surface area contributed by atoms with E-state index in [1.807, 2.05) is 0 Å². The number of hydrogen-bond acceptors (Lipinski definition) is 10. The zero-order chi connectivity index (χ0) is 22.5.